The summed E-state index contributed by atoms with van der Waals surface area (Å²) in [6.07, 6.45) is 4.61. The highest BCUT2D eigenvalue weighted by molar-refractivity contribution is 7.15. The zero-order valence-electron chi connectivity index (χ0n) is 11.1. The standard InChI is InChI=1S/C15H18N2OS/c1-2-18-14-6-4-3-5-13(14)15-17-10-12(19-15)9-16-11-7-8-11/h3-6,10-11,16H,2,7-9H2,1H3. The van der Waals surface area contributed by atoms with E-state index in [-0.39, 0.29) is 0 Å². The van der Waals surface area contributed by atoms with E-state index in [2.05, 4.69) is 16.4 Å². The van der Waals surface area contributed by atoms with Gasteiger partial charge in [0.05, 0.1) is 12.2 Å². The molecule has 1 N–H and O–H groups in total. The molecule has 1 fully saturated rings. The molecule has 0 radical (unpaired) electrons. The SMILES string of the molecule is CCOc1ccccc1-c1ncc(CNC2CC2)s1. The van der Waals surface area contributed by atoms with Crippen LogP contribution in [0.3, 0.4) is 0 Å². The highest BCUT2D eigenvalue weighted by Crippen LogP contribution is 2.33. The van der Waals surface area contributed by atoms with Crippen molar-refractivity contribution in [3.63, 3.8) is 0 Å². The molecule has 0 aliphatic heterocycles. The molecular formula is C15H18N2OS. The number of aromatic nitrogens is 1. The van der Waals surface area contributed by atoms with E-state index in [0.29, 0.717) is 6.61 Å². The molecule has 2 aromatic rings. The summed E-state index contributed by atoms with van der Waals surface area (Å²) in [6.45, 7) is 3.61. The third-order valence-corrected chi connectivity index (χ3v) is 4.14. The van der Waals surface area contributed by atoms with Crippen molar-refractivity contribution in [1.29, 1.82) is 0 Å². The first-order valence-electron chi connectivity index (χ1n) is 6.77. The van der Waals surface area contributed by atoms with Gasteiger partial charge >= 0.3 is 0 Å². The molecule has 1 aliphatic carbocycles. The van der Waals surface area contributed by atoms with E-state index in [0.717, 1.165) is 28.9 Å². The summed E-state index contributed by atoms with van der Waals surface area (Å²) in [7, 11) is 0. The zero-order chi connectivity index (χ0) is 13.1. The molecule has 1 aromatic carbocycles. The molecule has 1 aliphatic rings. The maximum atomic E-state index is 5.66. The normalized spacial score (nSPS) is 14.6. The van der Waals surface area contributed by atoms with Crippen LogP contribution in [0.5, 0.6) is 5.75 Å². The molecule has 0 amide bonds. The van der Waals surface area contributed by atoms with Crippen LogP contribution in [-0.4, -0.2) is 17.6 Å². The van der Waals surface area contributed by atoms with Crippen LogP contribution in [0.2, 0.25) is 0 Å². The average molecular weight is 274 g/mol. The first-order chi connectivity index (χ1) is 9.36. The molecule has 3 rings (SSSR count). The van der Waals surface area contributed by atoms with Crippen molar-refractivity contribution in [2.75, 3.05) is 6.61 Å². The Bertz CT molecular complexity index is 549. The second-order valence-electron chi connectivity index (χ2n) is 4.72. The molecule has 0 unspecified atom stereocenters. The first-order valence-corrected chi connectivity index (χ1v) is 7.58. The number of nitrogens with zero attached hydrogens (tertiary/aromatic N) is 1. The van der Waals surface area contributed by atoms with Crippen LogP contribution in [0.4, 0.5) is 0 Å². The smallest absolute Gasteiger partial charge is 0.129 e. The van der Waals surface area contributed by atoms with Gasteiger partial charge in [-0.2, -0.15) is 0 Å². The second kappa shape index (κ2) is 5.72. The highest BCUT2D eigenvalue weighted by Gasteiger charge is 2.20. The molecule has 0 atom stereocenters. The Hall–Kier alpha value is -1.39. The van der Waals surface area contributed by atoms with Gasteiger partial charge in [-0.05, 0) is 31.9 Å². The molecule has 1 aromatic heterocycles. The molecule has 19 heavy (non-hydrogen) atoms. The summed E-state index contributed by atoms with van der Waals surface area (Å²) in [5.74, 6) is 0.918. The van der Waals surface area contributed by atoms with Gasteiger partial charge in [0, 0.05) is 23.7 Å². The van der Waals surface area contributed by atoms with E-state index in [4.69, 9.17) is 4.74 Å². The van der Waals surface area contributed by atoms with E-state index in [1.807, 2.05) is 31.3 Å². The number of para-hydroxylation sites is 1. The fraction of sp³-hybridized carbons (Fsp3) is 0.400. The summed E-state index contributed by atoms with van der Waals surface area (Å²) >= 11 is 1.74. The van der Waals surface area contributed by atoms with Gasteiger partial charge in [-0.1, -0.05) is 12.1 Å². The number of nitrogens with one attached hydrogen (secondary N) is 1. The Labute approximate surface area is 117 Å². The third-order valence-electron chi connectivity index (χ3n) is 3.11. The van der Waals surface area contributed by atoms with E-state index in [9.17, 15) is 0 Å². The maximum absolute atomic E-state index is 5.66. The largest absolute Gasteiger partial charge is 0.493 e. The fourth-order valence-electron chi connectivity index (χ4n) is 1.97. The van der Waals surface area contributed by atoms with Gasteiger partial charge in [0.15, 0.2) is 0 Å². The van der Waals surface area contributed by atoms with Gasteiger partial charge in [0.1, 0.15) is 10.8 Å². The van der Waals surface area contributed by atoms with Gasteiger partial charge < -0.3 is 10.1 Å². The topological polar surface area (TPSA) is 34.1 Å². The van der Waals surface area contributed by atoms with Crippen LogP contribution in [-0.2, 0) is 6.54 Å². The van der Waals surface area contributed by atoms with Gasteiger partial charge in [-0.3, -0.25) is 0 Å². The van der Waals surface area contributed by atoms with Crippen molar-refractivity contribution in [3.8, 4) is 16.3 Å². The Balaban J connectivity index is 1.77. The van der Waals surface area contributed by atoms with Crippen molar-refractivity contribution in [2.24, 2.45) is 0 Å². The lowest BCUT2D eigenvalue weighted by molar-refractivity contribution is 0.341. The molecule has 0 bridgehead atoms. The minimum Gasteiger partial charge on any atom is -0.493 e. The summed E-state index contributed by atoms with van der Waals surface area (Å²) in [5.41, 5.74) is 1.09. The Morgan fingerprint density at radius 1 is 1.37 bits per heavy atom. The van der Waals surface area contributed by atoms with Crippen LogP contribution in [0, 0.1) is 0 Å². The van der Waals surface area contributed by atoms with Crippen LogP contribution < -0.4 is 10.1 Å². The molecule has 0 saturated heterocycles. The summed E-state index contributed by atoms with van der Waals surface area (Å²) < 4.78 is 5.66. The summed E-state index contributed by atoms with van der Waals surface area (Å²) in [6, 6.07) is 8.84. The van der Waals surface area contributed by atoms with E-state index >= 15 is 0 Å². The Morgan fingerprint density at radius 3 is 3.00 bits per heavy atom. The Kier molecular flexibility index (Phi) is 3.80. The van der Waals surface area contributed by atoms with Crippen LogP contribution in [0.25, 0.3) is 10.6 Å². The lowest BCUT2D eigenvalue weighted by atomic mass is 10.2. The summed E-state index contributed by atoms with van der Waals surface area (Å²) in [5, 5.41) is 4.56. The van der Waals surface area contributed by atoms with E-state index < -0.39 is 0 Å². The monoisotopic (exact) mass is 274 g/mol. The number of rotatable bonds is 6. The van der Waals surface area contributed by atoms with Crippen molar-refractivity contribution < 1.29 is 4.74 Å². The molecule has 3 nitrogen and oxygen atoms in total. The molecule has 4 heteroatoms. The minimum absolute atomic E-state index is 0.679. The van der Waals surface area contributed by atoms with Gasteiger partial charge in [-0.15, -0.1) is 11.3 Å². The summed E-state index contributed by atoms with van der Waals surface area (Å²) in [4.78, 5) is 5.81. The zero-order valence-corrected chi connectivity index (χ0v) is 11.9. The molecule has 100 valence electrons. The van der Waals surface area contributed by atoms with Gasteiger partial charge in [0.2, 0.25) is 0 Å². The van der Waals surface area contributed by atoms with E-state index in [1.54, 1.807) is 11.3 Å². The maximum Gasteiger partial charge on any atom is 0.129 e. The number of hydrogen-bond acceptors (Lipinski definition) is 4. The van der Waals surface area contributed by atoms with Crippen LogP contribution in [0.1, 0.15) is 24.6 Å². The van der Waals surface area contributed by atoms with Crippen molar-refractivity contribution >= 4 is 11.3 Å². The number of thiazole rings is 1. The number of benzene rings is 1. The average Bonchev–Trinajstić information content (AvgIpc) is 3.15. The van der Waals surface area contributed by atoms with Crippen molar-refractivity contribution in [2.45, 2.75) is 32.4 Å². The van der Waals surface area contributed by atoms with Crippen LogP contribution in [0.15, 0.2) is 30.5 Å². The third kappa shape index (κ3) is 3.14. The quantitative estimate of drug-likeness (QED) is 0.876. The van der Waals surface area contributed by atoms with Crippen molar-refractivity contribution in [1.82, 2.24) is 10.3 Å². The number of ether oxygens (including phenoxy) is 1. The van der Waals surface area contributed by atoms with Crippen molar-refractivity contribution in [3.05, 3.63) is 35.3 Å². The Morgan fingerprint density at radius 2 is 2.21 bits per heavy atom. The first kappa shape index (κ1) is 12.6. The van der Waals surface area contributed by atoms with Gasteiger partial charge in [0.25, 0.3) is 0 Å². The second-order valence-corrected chi connectivity index (χ2v) is 5.83. The lowest BCUT2D eigenvalue weighted by Crippen LogP contribution is -2.14. The van der Waals surface area contributed by atoms with Crippen LogP contribution >= 0.6 is 11.3 Å². The fourth-order valence-corrected chi connectivity index (χ4v) is 2.86. The molecule has 1 saturated carbocycles. The lowest BCUT2D eigenvalue weighted by Gasteiger charge is -2.07. The molecule has 1 heterocycles. The van der Waals surface area contributed by atoms with E-state index in [1.165, 1.54) is 17.7 Å². The number of hydrogen-bond donors (Lipinski definition) is 1. The highest BCUT2D eigenvalue weighted by atomic mass is 32.1. The minimum atomic E-state index is 0.679. The predicted molar refractivity (Wildman–Crippen MR) is 78.6 cm³/mol. The van der Waals surface area contributed by atoms with Gasteiger partial charge in [-0.25, -0.2) is 4.98 Å². The predicted octanol–water partition coefficient (Wildman–Crippen LogP) is 3.46. The molecular weight excluding hydrogens is 256 g/mol. The molecule has 0 spiro atoms.